The maximum Gasteiger partial charge on any atom is 0.225 e. The van der Waals surface area contributed by atoms with Crippen LogP contribution >= 0.6 is 0 Å². The lowest BCUT2D eigenvalue weighted by molar-refractivity contribution is -0.210. The highest BCUT2D eigenvalue weighted by Gasteiger charge is 2.56. The molecule has 3 aliphatic rings. The zero-order valence-electron chi connectivity index (χ0n) is 15.5. The van der Waals surface area contributed by atoms with Gasteiger partial charge in [0.05, 0.1) is 12.2 Å². The molecule has 0 aromatic carbocycles. The number of carbonyl (C=O) groups excluding carboxylic acids is 1. The Morgan fingerprint density at radius 2 is 1.92 bits per heavy atom. The second kappa shape index (κ2) is 7.74. The molecule has 3 fully saturated rings. The van der Waals surface area contributed by atoms with Gasteiger partial charge in [0.1, 0.15) is 0 Å². The first-order valence-electron chi connectivity index (χ1n) is 10.2. The molecule has 2 saturated carbocycles. The summed E-state index contributed by atoms with van der Waals surface area (Å²) in [6.45, 7) is 6.47. The molecule has 3 rings (SSSR count). The van der Waals surface area contributed by atoms with Crippen LogP contribution < -0.4 is 0 Å². The fraction of sp³-hybridized carbons (Fsp3) is 0.950. The summed E-state index contributed by atoms with van der Waals surface area (Å²) >= 11 is 0. The SMILES string of the molecule is CCOC1CC(O)C12CCN(C(=O)C(CC)CC1CCCC1)CC2. The molecule has 0 radical (unpaired) electrons. The van der Waals surface area contributed by atoms with E-state index in [0.717, 1.165) is 51.1 Å². The Morgan fingerprint density at radius 1 is 1.25 bits per heavy atom. The lowest BCUT2D eigenvalue weighted by Gasteiger charge is -2.56. The zero-order chi connectivity index (χ0) is 17.2. The molecular weight excluding hydrogens is 302 g/mol. The van der Waals surface area contributed by atoms with Gasteiger partial charge in [-0.2, -0.15) is 0 Å². The minimum atomic E-state index is -0.244. The summed E-state index contributed by atoms with van der Waals surface area (Å²) in [6, 6.07) is 0. The summed E-state index contributed by atoms with van der Waals surface area (Å²) in [4.78, 5) is 15.0. The summed E-state index contributed by atoms with van der Waals surface area (Å²) in [5.41, 5.74) is -0.0834. The first-order chi connectivity index (χ1) is 11.6. The van der Waals surface area contributed by atoms with Crippen molar-refractivity contribution in [2.75, 3.05) is 19.7 Å². The van der Waals surface area contributed by atoms with E-state index < -0.39 is 0 Å². The fourth-order valence-electron chi connectivity index (χ4n) is 5.31. The van der Waals surface area contributed by atoms with Gasteiger partial charge in [-0.15, -0.1) is 0 Å². The molecule has 1 heterocycles. The molecule has 3 atom stereocenters. The van der Waals surface area contributed by atoms with Gasteiger partial charge < -0.3 is 14.7 Å². The van der Waals surface area contributed by atoms with E-state index in [1.807, 2.05) is 6.92 Å². The van der Waals surface area contributed by atoms with Crippen LogP contribution in [0.1, 0.15) is 71.6 Å². The Bertz CT molecular complexity index is 423. The average Bonchev–Trinajstić information content (AvgIpc) is 3.12. The van der Waals surface area contributed by atoms with Crippen LogP contribution in [-0.2, 0) is 9.53 Å². The Kier molecular flexibility index (Phi) is 5.86. The van der Waals surface area contributed by atoms with E-state index in [1.165, 1.54) is 25.7 Å². The Balaban J connectivity index is 1.54. The Hall–Kier alpha value is -0.610. The topological polar surface area (TPSA) is 49.8 Å². The maximum absolute atomic E-state index is 13.0. The number of aliphatic hydroxyl groups excluding tert-OH is 1. The lowest BCUT2D eigenvalue weighted by Crippen LogP contribution is -2.63. The van der Waals surface area contributed by atoms with Crippen LogP contribution in [0.15, 0.2) is 0 Å². The molecule has 0 aromatic heterocycles. The number of rotatable bonds is 6. The van der Waals surface area contributed by atoms with E-state index in [4.69, 9.17) is 4.74 Å². The predicted octanol–water partition coefficient (Wildman–Crippen LogP) is 3.37. The number of hydrogen-bond acceptors (Lipinski definition) is 3. The molecule has 1 N–H and O–H groups in total. The van der Waals surface area contributed by atoms with Gasteiger partial charge >= 0.3 is 0 Å². The largest absolute Gasteiger partial charge is 0.392 e. The number of ether oxygens (including phenoxy) is 1. The van der Waals surface area contributed by atoms with E-state index in [2.05, 4.69) is 11.8 Å². The summed E-state index contributed by atoms with van der Waals surface area (Å²) in [6.07, 6.45) is 9.86. The third kappa shape index (κ3) is 3.37. The normalized spacial score (nSPS) is 31.2. The van der Waals surface area contributed by atoms with Gasteiger partial charge in [0.15, 0.2) is 0 Å². The Labute approximate surface area is 146 Å². The van der Waals surface area contributed by atoms with Crippen molar-refractivity contribution >= 4 is 5.91 Å². The van der Waals surface area contributed by atoms with E-state index in [-0.39, 0.29) is 23.5 Å². The summed E-state index contributed by atoms with van der Waals surface area (Å²) in [5.74, 6) is 1.34. The van der Waals surface area contributed by atoms with Crippen LogP contribution in [0, 0.1) is 17.3 Å². The maximum atomic E-state index is 13.0. The van der Waals surface area contributed by atoms with Crippen LogP contribution in [0.25, 0.3) is 0 Å². The van der Waals surface area contributed by atoms with Gasteiger partial charge in [-0.05, 0) is 38.5 Å². The zero-order valence-corrected chi connectivity index (χ0v) is 15.5. The molecular formula is C20H35NO3. The molecule has 138 valence electrons. The number of likely N-dealkylation sites (tertiary alicyclic amines) is 1. The van der Waals surface area contributed by atoms with E-state index >= 15 is 0 Å². The smallest absolute Gasteiger partial charge is 0.225 e. The molecule has 0 bridgehead atoms. The van der Waals surface area contributed by atoms with Gasteiger partial charge in [0, 0.05) is 37.5 Å². The minimum absolute atomic E-state index is 0.0834. The van der Waals surface area contributed by atoms with Crippen molar-refractivity contribution in [1.29, 1.82) is 0 Å². The summed E-state index contributed by atoms with van der Waals surface area (Å²) < 4.78 is 5.83. The molecule has 24 heavy (non-hydrogen) atoms. The second-order valence-corrected chi connectivity index (χ2v) is 8.25. The third-order valence-corrected chi connectivity index (χ3v) is 7.05. The standard InChI is InChI=1S/C20H35NO3/c1-3-16(13-15-7-5-6-8-15)19(23)21-11-9-20(10-12-21)17(22)14-18(20)24-4-2/h15-18,22H,3-14H2,1-2H3. The highest BCUT2D eigenvalue weighted by Crippen LogP contribution is 2.51. The van der Waals surface area contributed by atoms with Crippen molar-refractivity contribution in [2.24, 2.45) is 17.3 Å². The molecule has 0 aromatic rings. The molecule has 1 amide bonds. The van der Waals surface area contributed by atoms with Crippen molar-refractivity contribution < 1.29 is 14.6 Å². The first kappa shape index (κ1) is 18.2. The highest BCUT2D eigenvalue weighted by molar-refractivity contribution is 5.79. The first-order valence-corrected chi connectivity index (χ1v) is 10.2. The van der Waals surface area contributed by atoms with Crippen LogP contribution in [-0.4, -0.2) is 47.8 Å². The molecule has 1 saturated heterocycles. The minimum Gasteiger partial charge on any atom is -0.392 e. The van der Waals surface area contributed by atoms with Gasteiger partial charge in [-0.1, -0.05) is 32.6 Å². The van der Waals surface area contributed by atoms with Gasteiger partial charge in [0.2, 0.25) is 5.91 Å². The van der Waals surface area contributed by atoms with Gasteiger partial charge in [-0.25, -0.2) is 0 Å². The average molecular weight is 338 g/mol. The molecule has 1 aliphatic heterocycles. The third-order valence-electron chi connectivity index (χ3n) is 7.05. The number of nitrogens with zero attached hydrogens (tertiary/aromatic N) is 1. The van der Waals surface area contributed by atoms with Gasteiger partial charge in [0.25, 0.3) is 0 Å². The van der Waals surface area contributed by atoms with Crippen molar-refractivity contribution in [3.05, 3.63) is 0 Å². The van der Waals surface area contributed by atoms with Crippen LogP contribution in [0.5, 0.6) is 0 Å². The number of hydrogen-bond donors (Lipinski definition) is 1. The number of aliphatic hydroxyl groups is 1. The highest BCUT2D eigenvalue weighted by atomic mass is 16.5. The van der Waals surface area contributed by atoms with Gasteiger partial charge in [-0.3, -0.25) is 4.79 Å². The van der Waals surface area contributed by atoms with Crippen LogP contribution in [0.3, 0.4) is 0 Å². The number of amides is 1. The summed E-state index contributed by atoms with van der Waals surface area (Å²) in [7, 11) is 0. The van der Waals surface area contributed by atoms with E-state index in [1.54, 1.807) is 0 Å². The van der Waals surface area contributed by atoms with Crippen molar-refractivity contribution in [3.63, 3.8) is 0 Å². The Morgan fingerprint density at radius 3 is 2.46 bits per heavy atom. The van der Waals surface area contributed by atoms with Crippen molar-refractivity contribution in [3.8, 4) is 0 Å². The van der Waals surface area contributed by atoms with Crippen molar-refractivity contribution in [2.45, 2.75) is 83.8 Å². The van der Waals surface area contributed by atoms with Crippen LogP contribution in [0.2, 0.25) is 0 Å². The number of carbonyl (C=O) groups is 1. The van der Waals surface area contributed by atoms with E-state index in [0.29, 0.717) is 12.5 Å². The molecule has 4 heteroatoms. The fourth-order valence-corrected chi connectivity index (χ4v) is 5.31. The van der Waals surface area contributed by atoms with Crippen molar-refractivity contribution in [1.82, 2.24) is 4.90 Å². The lowest BCUT2D eigenvalue weighted by atomic mass is 9.58. The molecule has 3 unspecified atom stereocenters. The van der Waals surface area contributed by atoms with Crippen LogP contribution in [0.4, 0.5) is 0 Å². The quantitative estimate of drug-likeness (QED) is 0.808. The summed E-state index contributed by atoms with van der Waals surface area (Å²) in [5, 5.41) is 10.3. The number of piperidine rings is 1. The molecule has 1 spiro atoms. The predicted molar refractivity (Wildman–Crippen MR) is 94.6 cm³/mol. The molecule has 2 aliphatic carbocycles. The monoisotopic (exact) mass is 337 g/mol. The molecule has 4 nitrogen and oxygen atoms in total. The second-order valence-electron chi connectivity index (χ2n) is 8.25. The van der Waals surface area contributed by atoms with E-state index in [9.17, 15) is 9.90 Å².